The van der Waals surface area contributed by atoms with Crippen molar-refractivity contribution in [3.8, 4) is 6.07 Å². The number of nitriles is 1. The largest absolute Gasteiger partial charge is 0.274 e. The molecule has 1 aliphatic carbocycles. The van der Waals surface area contributed by atoms with E-state index in [1.54, 1.807) is 6.07 Å². The maximum absolute atomic E-state index is 13.3. The van der Waals surface area contributed by atoms with Crippen molar-refractivity contribution < 1.29 is 14.0 Å². The summed E-state index contributed by atoms with van der Waals surface area (Å²) in [5.41, 5.74) is 0.100. The lowest BCUT2D eigenvalue weighted by Gasteiger charge is -2.15. The van der Waals surface area contributed by atoms with Crippen LogP contribution in [0.5, 0.6) is 0 Å². The Kier molecular flexibility index (Phi) is 2.87. The zero-order valence-electron chi connectivity index (χ0n) is 10.5. The molecule has 0 aromatic heterocycles. The van der Waals surface area contributed by atoms with E-state index in [1.165, 1.54) is 12.1 Å². The molecule has 1 aromatic carbocycles. The van der Waals surface area contributed by atoms with Crippen LogP contribution < -0.4 is 4.90 Å². The van der Waals surface area contributed by atoms with Crippen LogP contribution in [0.3, 0.4) is 0 Å². The Morgan fingerprint density at radius 3 is 2.30 bits per heavy atom. The zero-order valence-corrected chi connectivity index (χ0v) is 10.5. The number of anilines is 1. The van der Waals surface area contributed by atoms with Gasteiger partial charge in [-0.2, -0.15) is 5.26 Å². The van der Waals surface area contributed by atoms with E-state index in [-0.39, 0.29) is 34.9 Å². The van der Waals surface area contributed by atoms with Crippen molar-refractivity contribution in [1.82, 2.24) is 0 Å². The molecule has 0 radical (unpaired) electrons. The standard InChI is InChI=1S/C15H11FN2O2/c16-13-6-5-10(7-9(13)8-17)18-14(19)11-3-1-2-4-12(11)15(18)20/h1-2,5-7,11-12H,3-4H2. The molecule has 0 bridgehead atoms. The molecule has 3 rings (SSSR count). The van der Waals surface area contributed by atoms with Crippen LogP contribution >= 0.6 is 0 Å². The van der Waals surface area contributed by atoms with E-state index in [2.05, 4.69) is 0 Å². The van der Waals surface area contributed by atoms with Crippen LogP contribution in [0.2, 0.25) is 0 Å². The molecule has 1 heterocycles. The molecule has 20 heavy (non-hydrogen) atoms. The molecule has 2 unspecified atom stereocenters. The van der Waals surface area contributed by atoms with Gasteiger partial charge in [0.2, 0.25) is 11.8 Å². The Hall–Kier alpha value is -2.48. The average Bonchev–Trinajstić information content (AvgIpc) is 2.72. The molecule has 1 fully saturated rings. The molecule has 4 nitrogen and oxygen atoms in total. The Labute approximate surface area is 115 Å². The van der Waals surface area contributed by atoms with Crippen LogP contribution in [0.4, 0.5) is 10.1 Å². The van der Waals surface area contributed by atoms with Crippen molar-refractivity contribution in [2.75, 3.05) is 4.90 Å². The van der Waals surface area contributed by atoms with E-state index >= 15 is 0 Å². The lowest BCUT2D eigenvalue weighted by Crippen LogP contribution is -2.30. The number of fused-ring (bicyclic) bond motifs is 1. The Morgan fingerprint density at radius 2 is 1.75 bits per heavy atom. The van der Waals surface area contributed by atoms with Crippen LogP contribution in [-0.2, 0) is 9.59 Å². The van der Waals surface area contributed by atoms with E-state index in [4.69, 9.17) is 5.26 Å². The molecule has 2 atom stereocenters. The van der Waals surface area contributed by atoms with Gasteiger partial charge in [-0.1, -0.05) is 12.2 Å². The Morgan fingerprint density at radius 1 is 1.15 bits per heavy atom. The summed E-state index contributed by atoms with van der Waals surface area (Å²) in [6, 6.07) is 5.42. The highest BCUT2D eigenvalue weighted by molar-refractivity contribution is 6.22. The monoisotopic (exact) mass is 270 g/mol. The third kappa shape index (κ3) is 1.73. The fraction of sp³-hybridized carbons (Fsp3) is 0.267. The van der Waals surface area contributed by atoms with E-state index in [0.29, 0.717) is 12.8 Å². The molecular weight excluding hydrogens is 259 g/mol. The molecule has 5 heteroatoms. The van der Waals surface area contributed by atoms with Gasteiger partial charge < -0.3 is 0 Å². The van der Waals surface area contributed by atoms with E-state index in [1.807, 2.05) is 12.2 Å². The number of carbonyl (C=O) groups is 2. The van der Waals surface area contributed by atoms with Gasteiger partial charge in [-0.3, -0.25) is 9.59 Å². The number of nitrogens with zero attached hydrogens (tertiary/aromatic N) is 2. The smallest absolute Gasteiger partial charge is 0.238 e. The molecule has 1 aromatic rings. The van der Waals surface area contributed by atoms with Crippen molar-refractivity contribution in [1.29, 1.82) is 5.26 Å². The zero-order chi connectivity index (χ0) is 14.3. The Balaban J connectivity index is 2.01. The Bertz CT molecular complexity index is 649. The van der Waals surface area contributed by atoms with Gasteiger partial charge in [0.1, 0.15) is 11.9 Å². The quantitative estimate of drug-likeness (QED) is 0.580. The van der Waals surface area contributed by atoms with Gasteiger partial charge in [0.25, 0.3) is 0 Å². The van der Waals surface area contributed by atoms with Crippen molar-refractivity contribution in [2.24, 2.45) is 11.8 Å². The van der Waals surface area contributed by atoms with Crippen LogP contribution in [0.1, 0.15) is 18.4 Å². The number of amides is 2. The number of hydrogen-bond donors (Lipinski definition) is 0. The summed E-state index contributed by atoms with van der Waals surface area (Å²) in [6.07, 6.45) is 4.92. The second kappa shape index (κ2) is 4.57. The van der Waals surface area contributed by atoms with Crippen LogP contribution in [-0.4, -0.2) is 11.8 Å². The van der Waals surface area contributed by atoms with Crippen molar-refractivity contribution >= 4 is 17.5 Å². The first-order chi connectivity index (χ1) is 9.63. The van der Waals surface area contributed by atoms with Gasteiger partial charge in [-0.05, 0) is 31.0 Å². The predicted molar refractivity (Wildman–Crippen MR) is 69.0 cm³/mol. The minimum Gasteiger partial charge on any atom is -0.274 e. The third-order valence-corrected chi connectivity index (χ3v) is 3.84. The summed E-state index contributed by atoms with van der Waals surface area (Å²) < 4.78 is 13.3. The first-order valence-electron chi connectivity index (χ1n) is 6.36. The van der Waals surface area contributed by atoms with E-state index in [9.17, 15) is 14.0 Å². The van der Waals surface area contributed by atoms with Crippen LogP contribution in [0.15, 0.2) is 30.4 Å². The number of halogens is 1. The highest BCUT2D eigenvalue weighted by Crippen LogP contribution is 2.37. The van der Waals surface area contributed by atoms with Gasteiger partial charge in [0.05, 0.1) is 23.1 Å². The lowest BCUT2D eigenvalue weighted by molar-refractivity contribution is -0.122. The molecule has 2 aliphatic rings. The maximum Gasteiger partial charge on any atom is 0.238 e. The molecule has 2 amide bonds. The second-order valence-corrected chi connectivity index (χ2v) is 4.94. The minimum absolute atomic E-state index is 0.170. The highest BCUT2D eigenvalue weighted by Gasteiger charge is 2.47. The average molecular weight is 270 g/mol. The first-order valence-corrected chi connectivity index (χ1v) is 6.36. The van der Waals surface area contributed by atoms with Crippen molar-refractivity contribution in [3.63, 3.8) is 0 Å². The molecule has 0 N–H and O–H groups in total. The van der Waals surface area contributed by atoms with Gasteiger partial charge in [-0.25, -0.2) is 9.29 Å². The van der Waals surface area contributed by atoms with Gasteiger partial charge in [-0.15, -0.1) is 0 Å². The number of rotatable bonds is 1. The summed E-state index contributed by atoms with van der Waals surface area (Å²) in [6.45, 7) is 0. The van der Waals surface area contributed by atoms with Gasteiger partial charge >= 0.3 is 0 Å². The summed E-state index contributed by atoms with van der Waals surface area (Å²) >= 11 is 0. The molecular formula is C15H11FN2O2. The normalized spacial score (nSPS) is 24.7. The van der Waals surface area contributed by atoms with Crippen molar-refractivity contribution in [3.05, 3.63) is 41.7 Å². The molecule has 0 spiro atoms. The number of carbonyl (C=O) groups excluding carboxylic acids is 2. The summed E-state index contributed by atoms with van der Waals surface area (Å²) in [7, 11) is 0. The second-order valence-electron chi connectivity index (χ2n) is 4.94. The fourth-order valence-corrected chi connectivity index (χ4v) is 2.79. The molecule has 0 saturated carbocycles. The first kappa shape index (κ1) is 12.5. The number of allylic oxidation sites excluding steroid dienone is 2. The topological polar surface area (TPSA) is 61.2 Å². The number of imide groups is 1. The molecule has 100 valence electrons. The molecule has 1 saturated heterocycles. The van der Waals surface area contributed by atoms with E-state index < -0.39 is 5.82 Å². The highest BCUT2D eigenvalue weighted by atomic mass is 19.1. The van der Waals surface area contributed by atoms with Crippen LogP contribution in [0.25, 0.3) is 0 Å². The molecule has 1 aliphatic heterocycles. The SMILES string of the molecule is N#Cc1cc(N2C(=O)C3CC=CCC3C2=O)ccc1F. The predicted octanol–water partition coefficient (Wildman–Crippen LogP) is 2.15. The van der Waals surface area contributed by atoms with Gasteiger partial charge in [0, 0.05) is 0 Å². The number of hydrogen-bond acceptors (Lipinski definition) is 3. The fourth-order valence-electron chi connectivity index (χ4n) is 2.79. The summed E-state index contributed by atoms with van der Waals surface area (Å²) in [5, 5.41) is 8.84. The third-order valence-electron chi connectivity index (χ3n) is 3.84. The lowest BCUT2D eigenvalue weighted by atomic mass is 9.85. The van der Waals surface area contributed by atoms with E-state index in [0.717, 1.165) is 11.0 Å². The summed E-state index contributed by atoms with van der Waals surface area (Å²) in [4.78, 5) is 25.7. The number of benzene rings is 1. The summed E-state index contributed by atoms with van der Waals surface area (Å²) in [5.74, 6) is -1.85. The van der Waals surface area contributed by atoms with Crippen molar-refractivity contribution in [2.45, 2.75) is 12.8 Å². The van der Waals surface area contributed by atoms with Crippen LogP contribution in [0, 0.1) is 29.0 Å². The minimum atomic E-state index is -0.658. The van der Waals surface area contributed by atoms with Gasteiger partial charge in [0.15, 0.2) is 0 Å². The maximum atomic E-state index is 13.3.